The van der Waals surface area contributed by atoms with Gasteiger partial charge < -0.3 is 14.8 Å². The third-order valence-electron chi connectivity index (χ3n) is 4.86. The second-order valence-corrected chi connectivity index (χ2v) is 7.25. The Kier molecular flexibility index (Phi) is 6.41. The van der Waals surface area contributed by atoms with Crippen molar-refractivity contribution in [3.8, 4) is 28.8 Å². The molecule has 1 aromatic heterocycles. The predicted octanol–water partition coefficient (Wildman–Crippen LogP) is 5.18. The van der Waals surface area contributed by atoms with Crippen LogP contribution in [-0.4, -0.2) is 23.0 Å². The first-order chi connectivity index (χ1) is 15.6. The second kappa shape index (κ2) is 9.75. The van der Waals surface area contributed by atoms with Gasteiger partial charge in [0.05, 0.1) is 7.11 Å². The predicted molar refractivity (Wildman–Crippen MR) is 123 cm³/mol. The van der Waals surface area contributed by atoms with E-state index in [-0.39, 0.29) is 5.91 Å². The molecule has 0 spiro atoms. The van der Waals surface area contributed by atoms with E-state index in [1.54, 1.807) is 43.6 Å². The van der Waals surface area contributed by atoms with Crippen molar-refractivity contribution < 1.29 is 14.3 Å². The van der Waals surface area contributed by atoms with Crippen LogP contribution < -0.4 is 14.8 Å². The fourth-order valence-electron chi connectivity index (χ4n) is 3.15. The van der Waals surface area contributed by atoms with Crippen LogP contribution in [-0.2, 0) is 6.54 Å². The van der Waals surface area contributed by atoms with E-state index in [2.05, 4.69) is 15.3 Å². The van der Waals surface area contributed by atoms with Gasteiger partial charge in [0.25, 0.3) is 5.91 Å². The van der Waals surface area contributed by atoms with E-state index in [1.165, 1.54) is 0 Å². The average molecular weight is 425 g/mol. The molecule has 160 valence electrons. The first-order valence-electron chi connectivity index (χ1n) is 10.2. The van der Waals surface area contributed by atoms with Crippen molar-refractivity contribution in [3.63, 3.8) is 0 Å². The number of rotatable bonds is 7. The molecule has 1 heterocycles. The van der Waals surface area contributed by atoms with Gasteiger partial charge in [-0.1, -0.05) is 35.9 Å². The minimum absolute atomic E-state index is 0.156. The lowest BCUT2D eigenvalue weighted by Gasteiger charge is -2.09. The number of benzene rings is 3. The van der Waals surface area contributed by atoms with Gasteiger partial charge in [0.2, 0.25) is 5.88 Å². The molecule has 0 saturated heterocycles. The van der Waals surface area contributed by atoms with Gasteiger partial charge in [-0.05, 0) is 55.0 Å². The molecule has 0 saturated carbocycles. The summed E-state index contributed by atoms with van der Waals surface area (Å²) in [4.78, 5) is 21.3. The minimum Gasteiger partial charge on any atom is -0.497 e. The van der Waals surface area contributed by atoms with Gasteiger partial charge in [0.15, 0.2) is 5.82 Å². The van der Waals surface area contributed by atoms with Gasteiger partial charge in [-0.2, -0.15) is 4.98 Å². The maximum absolute atomic E-state index is 12.4. The van der Waals surface area contributed by atoms with E-state index in [4.69, 9.17) is 9.47 Å². The van der Waals surface area contributed by atoms with Crippen molar-refractivity contribution in [1.29, 1.82) is 0 Å². The van der Waals surface area contributed by atoms with Crippen molar-refractivity contribution in [3.05, 3.63) is 102 Å². The first-order valence-corrected chi connectivity index (χ1v) is 10.2. The van der Waals surface area contributed by atoms with Crippen molar-refractivity contribution in [2.75, 3.05) is 7.11 Å². The van der Waals surface area contributed by atoms with Crippen molar-refractivity contribution >= 4 is 5.91 Å². The summed E-state index contributed by atoms with van der Waals surface area (Å²) in [6.07, 6.45) is 1.67. The third-order valence-corrected chi connectivity index (χ3v) is 4.86. The maximum atomic E-state index is 12.4. The van der Waals surface area contributed by atoms with Gasteiger partial charge in [0, 0.05) is 29.9 Å². The highest BCUT2D eigenvalue weighted by Crippen LogP contribution is 2.23. The fourth-order valence-corrected chi connectivity index (χ4v) is 3.15. The Hall–Kier alpha value is -4.19. The lowest BCUT2D eigenvalue weighted by Crippen LogP contribution is -2.22. The summed E-state index contributed by atoms with van der Waals surface area (Å²) in [7, 11) is 1.62. The molecule has 4 aromatic rings. The number of amides is 1. The fraction of sp³-hybridized carbons (Fsp3) is 0.115. The molecular weight excluding hydrogens is 402 g/mol. The van der Waals surface area contributed by atoms with Crippen LogP contribution in [0.5, 0.6) is 17.4 Å². The summed E-state index contributed by atoms with van der Waals surface area (Å²) in [6.45, 7) is 2.46. The molecule has 0 bridgehead atoms. The zero-order valence-corrected chi connectivity index (χ0v) is 17.9. The molecule has 32 heavy (non-hydrogen) atoms. The molecule has 3 aromatic carbocycles. The number of aromatic nitrogens is 2. The minimum atomic E-state index is -0.156. The van der Waals surface area contributed by atoms with E-state index < -0.39 is 0 Å². The van der Waals surface area contributed by atoms with Gasteiger partial charge in [-0.3, -0.25) is 4.79 Å². The maximum Gasteiger partial charge on any atom is 0.251 e. The smallest absolute Gasteiger partial charge is 0.251 e. The SMILES string of the molecule is COc1ccc(CNC(=O)c2ccc(Oc3ccnc(-c4cccc(C)c4)n3)cc2)cc1. The molecule has 1 N–H and O–H groups in total. The molecule has 6 heteroatoms. The van der Waals surface area contributed by atoms with E-state index in [9.17, 15) is 4.79 Å². The van der Waals surface area contributed by atoms with Crippen LogP contribution in [0.25, 0.3) is 11.4 Å². The Balaban J connectivity index is 1.38. The highest BCUT2D eigenvalue weighted by Gasteiger charge is 2.08. The summed E-state index contributed by atoms with van der Waals surface area (Å²) in [5.41, 5.74) is 3.61. The third kappa shape index (κ3) is 5.29. The molecular formula is C26H23N3O3. The number of nitrogens with one attached hydrogen (secondary N) is 1. The van der Waals surface area contributed by atoms with Crippen LogP contribution in [0.3, 0.4) is 0 Å². The van der Waals surface area contributed by atoms with Crippen LogP contribution in [0.1, 0.15) is 21.5 Å². The molecule has 4 rings (SSSR count). The number of ether oxygens (including phenoxy) is 2. The van der Waals surface area contributed by atoms with E-state index in [1.807, 2.05) is 55.5 Å². The number of nitrogens with zero attached hydrogens (tertiary/aromatic N) is 2. The Labute approximate surface area is 186 Å². The van der Waals surface area contributed by atoms with Crippen LogP contribution in [0.15, 0.2) is 85.1 Å². The summed E-state index contributed by atoms with van der Waals surface area (Å²) < 4.78 is 11.0. The number of hydrogen-bond acceptors (Lipinski definition) is 5. The Morgan fingerprint density at radius 1 is 0.938 bits per heavy atom. The Morgan fingerprint density at radius 2 is 1.69 bits per heavy atom. The average Bonchev–Trinajstić information content (AvgIpc) is 2.83. The zero-order chi connectivity index (χ0) is 22.3. The number of methoxy groups -OCH3 is 1. The van der Waals surface area contributed by atoms with E-state index >= 15 is 0 Å². The Morgan fingerprint density at radius 3 is 2.41 bits per heavy atom. The van der Waals surface area contributed by atoms with Crippen molar-refractivity contribution in [2.24, 2.45) is 0 Å². The number of hydrogen-bond donors (Lipinski definition) is 1. The first kappa shape index (κ1) is 21.1. The monoisotopic (exact) mass is 425 g/mol. The van der Waals surface area contributed by atoms with Crippen LogP contribution in [0.2, 0.25) is 0 Å². The highest BCUT2D eigenvalue weighted by atomic mass is 16.5. The molecule has 0 fully saturated rings. The number of carbonyl (C=O) groups excluding carboxylic acids is 1. The highest BCUT2D eigenvalue weighted by molar-refractivity contribution is 5.94. The van der Waals surface area contributed by atoms with Gasteiger partial charge in [-0.15, -0.1) is 0 Å². The topological polar surface area (TPSA) is 73.3 Å². The van der Waals surface area contributed by atoms with E-state index in [0.717, 1.165) is 22.4 Å². The van der Waals surface area contributed by atoms with Crippen LogP contribution in [0, 0.1) is 6.92 Å². The molecule has 0 radical (unpaired) electrons. The second-order valence-electron chi connectivity index (χ2n) is 7.25. The molecule has 6 nitrogen and oxygen atoms in total. The van der Waals surface area contributed by atoms with Crippen molar-refractivity contribution in [2.45, 2.75) is 13.5 Å². The van der Waals surface area contributed by atoms with Crippen molar-refractivity contribution in [1.82, 2.24) is 15.3 Å². The molecule has 0 atom stereocenters. The quantitative estimate of drug-likeness (QED) is 0.441. The standard InChI is InChI=1S/C26H23N3O3/c1-18-4-3-5-21(16-18)25-27-15-14-24(29-25)32-23-12-8-20(9-13-23)26(30)28-17-19-6-10-22(31-2)11-7-19/h3-16H,17H2,1-2H3,(H,28,30). The Bertz CT molecular complexity index is 1210. The number of aryl methyl sites for hydroxylation is 1. The largest absolute Gasteiger partial charge is 0.497 e. The van der Waals surface area contributed by atoms with Crippen LogP contribution in [0.4, 0.5) is 0 Å². The lowest BCUT2D eigenvalue weighted by atomic mass is 10.1. The van der Waals surface area contributed by atoms with Gasteiger partial charge in [-0.25, -0.2) is 4.98 Å². The summed E-state index contributed by atoms with van der Waals surface area (Å²) >= 11 is 0. The lowest BCUT2D eigenvalue weighted by molar-refractivity contribution is 0.0951. The molecule has 1 amide bonds. The van der Waals surface area contributed by atoms with E-state index in [0.29, 0.717) is 29.6 Å². The molecule has 0 aliphatic carbocycles. The molecule has 0 unspecified atom stereocenters. The van der Waals surface area contributed by atoms with Crippen LogP contribution >= 0.6 is 0 Å². The zero-order valence-electron chi connectivity index (χ0n) is 17.9. The molecule has 0 aliphatic heterocycles. The summed E-state index contributed by atoms with van der Waals surface area (Å²) in [5.74, 6) is 2.25. The summed E-state index contributed by atoms with van der Waals surface area (Å²) in [6, 6.07) is 24.2. The molecule has 0 aliphatic rings. The van der Waals surface area contributed by atoms with Gasteiger partial charge in [0.1, 0.15) is 11.5 Å². The normalized spacial score (nSPS) is 10.4. The van der Waals surface area contributed by atoms with Gasteiger partial charge >= 0.3 is 0 Å². The number of carbonyl (C=O) groups is 1. The summed E-state index contributed by atoms with van der Waals surface area (Å²) in [5, 5.41) is 2.91.